The topological polar surface area (TPSA) is 29.5 Å². The summed E-state index contributed by atoms with van der Waals surface area (Å²) in [5.41, 5.74) is 0. The zero-order chi connectivity index (χ0) is 10.6. The van der Waals surface area contributed by atoms with E-state index in [4.69, 9.17) is 0 Å². The lowest BCUT2D eigenvalue weighted by molar-refractivity contribution is -0.264. The highest BCUT2D eigenvalue weighted by Crippen LogP contribution is 2.20. The fourth-order valence-electron chi connectivity index (χ4n) is 1.17. The second-order valence-electron chi connectivity index (χ2n) is 3.25. The Bertz CT molecular complexity index is 241. The Morgan fingerprint density at radius 3 is 2.93 bits per heavy atom. The molecule has 0 aromatic heterocycles. The van der Waals surface area contributed by atoms with Crippen molar-refractivity contribution >= 4 is 5.78 Å². The lowest BCUT2D eigenvalue weighted by atomic mass is 10.3. The van der Waals surface area contributed by atoms with E-state index >= 15 is 0 Å². The van der Waals surface area contributed by atoms with Crippen molar-refractivity contribution in [2.45, 2.75) is 19.5 Å². The number of hydrogen-bond donors (Lipinski definition) is 0. The minimum Gasteiger partial charge on any atom is -0.367 e. The van der Waals surface area contributed by atoms with Crippen LogP contribution in [0.5, 0.6) is 0 Å². The molecule has 3 nitrogen and oxygen atoms in total. The average Bonchev–Trinajstić information content (AvgIpc) is 2.01. The van der Waals surface area contributed by atoms with Crippen molar-refractivity contribution in [3.05, 3.63) is 12.3 Å². The number of carbonyl (C=O) groups excluding carboxylic acids is 1. The normalized spacial score (nSPS) is 21.5. The molecule has 0 spiro atoms. The number of hydrogen-bond acceptors (Lipinski definition) is 3. The van der Waals surface area contributed by atoms with Crippen LogP contribution in [0.1, 0.15) is 13.3 Å². The van der Waals surface area contributed by atoms with Crippen molar-refractivity contribution in [3.8, 4) is 0 Å². The molecule has 80 valence electrons. The fraction of sp³-hybridized carbons (Fsp3) is 0.667. The summed E-state index contributed by atoms with van der Waals surface area (Å²) < 4.78 is 29.6. The summed E-state index contributed by atoms with van der Waals surface area (Å²) in [4.78, 5) is 12.0. The van der Waals surface area contributed by atoms with Gasteiger partial charge in [-0.15, -0.1) is 0 Å². The van der Waals surface area contributed by atoms with Crippen LogP contribution in [0, 0.1) is 0 Å². The summed E-state index contributed by atoms with van der Waals surface area (Å²) in [5.74, 6) is 0.0151. The van der Waals surface area contributed by atoms with Crippen LogP contribution in [0.4, 0.5) is 8.78 Å². The van der Waals surface area contributed by atoms with E-state index in [1.807, 2.05) is 0 Å². The number of nitrogens with zero attached hydrogens (tertiary/aromatic N) is 1. The average molecular weight is 205 g/mol. The van der Waals surface area contributed by atoms with Crippen molar-refractivity contribution in [1.29, 1.82) is 0 Å². The van der Waals surface area contributed by atoms with Gasteiger partial charge in [0.05, 0.1) is 6.61 Å². The second kappa shape index (κ2) is 4.50. The van der Waals surface area contributed by atoms with Crippen LogP contribution in [0.2, 0.25) is 0 Å². The molecule has 0 amide bonds. The first-order valence-electron chi connectivity index (χ1n) is 4.41. The number of halogens is 2. The number of allylic oxidation sites excluding steroid dienone is 1. The molecule has 1 heterocycles. The van der Waals surface area contributed by atoms with Crippen LogP contribution in [0.3, 0.4) is 0 Å². The Labute approximate surface area is 81.3 Å². The number of morpholine rings is 1. The fourth-order valence-corrected chi connectivity index (χ4v) is 1.17. The van der Waals surface area contributed by atoms with Gasteiger partial charge in [-0.05, 0) is 13.1 Å². The molecule has 1 saturated heterocycles. The van der Waals surface area contributed by atoms with Gasteiger partial charge in [-0.25, -0.2) is 0 Å². The summed E-state index contributed by atoms with van der Waals surface area (Å²) in [5, 5.41) is 0. The standard InChI is InChI=1S/C9H13F2NO2/c1-8(13)3-2-4-12-5-6-14-9(10,11)7-12/h2,4H,3,5-7H2,1H3. The van der Waals surface area contributed by atoms with Crippen LogP contribution in [-0.2, 0) is 9.53 Å². The van der Waals surface area contributed by atoms with E-state index in [1.165, 1.54) is 18.0 Å². The zero-order valence-corrected chi connectivity index (χ0v) is 8.00. The van der Waals surface area contributed by atoms with E-state index in [0.29, 0.717) is 6.54 Å². The molecule has 0 bridgehead atoms. The summed E-state index contributed by atoms with van der Waals surface area (Å²) in [6.45, 7) is 1.46. The van der Waals surface area contributed by atoms with Crippen molar-refractivity contribution < 1.29 is 18.3 Å². The monoisotopic (exact) mass is 205 g/mol. The first kappa shape index (κ1) is 11.1. The highest BCUT2D eigenvalue weighted by molar-refractivity contribution is 5.76. The lowest BCUT2D eigenvalue weighted by Gasteiger charge is -2.31. The minimum atomic E-state index is -3.07. The lowest BCUT2D eigenvalue weighted by Crippen LogP contribution is -2.43. The molecule has 0 aromatic rings. The van der Waals surface area contributed by atoms with Gasteiger partial charge in [-0.1, -0.05) is 6.08 Å². The van der Waals surface area contributed by atoms with E-state index in [1.54, 1.807) is 6.08 Å². The number of ketones is 1. The highest BCUT2D eigenvalue weighted by Gasteiger charge is 2.35. The molecule has 5 heteroatoms. The maximum atomic E-state index is 12.7. The molecule has 0 radical (unpaired) electrons. The Morgan fingerprint density at radius 2 is 2.36 bits per heavy atom. The van der Waals surface area contributed by atoms with Gasteiger partial charge in [0.2, 0.25) is 0 Å². The molecule has 0 unspecified atom stereocenters. The van der Waals surface area contributed by atoms with E-state index in [2.05, 4.69) is 4.74 Å². The molecular formula is C9H13F2NO2. The summed E-state index contributed by atoms with van der Waals surface area (Å²) in [7, 11) is 0. The van der Waals surface area contributed by atoms with Crippen molar-refractivity contribution in [2.75, 3.05) is 19.7 Å². The maximum absolute atomic E-state index is 12.7. The molecule has 0 aromatic carbocycles. The third-order valence-corrected chi connectivity index (χ3v) is 1.80. The van der Waals surface area contributed by atoms with Crippen molar-refractivity contribution in [2.24, 2.45) is 0 Å². The molecule has 0 aliphatic carbocycles. The van der Waals surface area contributed by atoms with Crippen molar-refractivity contribution in [3.63, 3.8) is 0 Å². The number of alkyl halides is 2. The van der Waals surface area contributed by atoms with Gasteiger partial charge in [0.1, 0.15) is 12.3 Å². The second-order valence-corrected chi connectivity index (χ2v) is 3.25. The molecule has 1 fully saturated rings. The van der Waals surface area contributed by atoms with Gasteiger partial charge in [0.15, 0.2) is 0 Å². The number of carbonyl (C=O) groups is 1. The van der Waals surface area contributed by atoms with Gasteiger partial charge < -0.3 is 9.64 Å². The Kier molecular flexibility index (Phi) is 3.57. The van der Waals surface area contributed by atoms with Crippen LogP contribution in [-0.4, -0.2) is 36.5 Å². The third-order valence-electron chi connectivity index (χ3n) is 1.80. The molecule has 0 saturated carbocycles. The molecule has 0 atom stereocenters. The quantitative estimate of drug-likeness (QED) is 0.697. The maximum Gasteiger partial charge on any atom is 0.373 e. The van der Waals surface area contributed by atoms with Crippen LogP contribution < -0.4 is 0 Å². The third kappa shape index (κ3) is 3.83. The van der Waals surface area contributed by atoms with Crippen molar-refractivity contribution in [1.82, 2.24) is 4.90 Å². The molecule has 1 aliphatic heterocycles. The van der Waals surface area contributed by atoms with Gasteiger partial charge in [-0.3, -0.25) is 4.79 Å². The zero-order valence-electron chi connectivity index (χ0n) is 8.00. The first-order valence-corrected chi connectivity index (χ1v) is 4.41. The van der Waals surface area contributed by atoms with Gasteiger partial charge >= 0.3 is 6.11 Å². The summed E-state index contributed by atoms with van der Waals surface area (Å²) in [6, 6.07) is 0. The Hall–Kier alpha value is -0.970. The Morgan fingerprint density at radius 1 is 1.64 bits per heavy atom. The number of ether oxygens (including phenoxy) is 1. The van der Waals surface area contributed by atoms with Gasteiger partial charge in [0.25, 0.3) is 0 Å². The first-order chi connectivity index (χ1) is 6.49. The smallest absolute Gasteiger partial charge is 0.367 e. The number of Topliss-reactive ketones (excluding diaryl/α,β-unsaturated/α-hetero) is 1. The van der Waals surface area contributed by atoms with E-state index in [9.17, 15) is 13.6 Å². The summed E-state index contributed by atoms with van der Waals surface area (Å²) >= 11 is 0. The van der Waals surface area contributed by atoms with Crippen LogP contribution >= 0.6 is 0 Å². The van der Waals surface area contributed by atoms with Crippen LogP contribution in [0.15, 0.2) is 12.3 Å². The molecule has 0 N–H and O–H groups in total. The minimum absolute atomic E-state index is 0.0113. The Balaban J connectivity index is 2.38. The molecule has 14 heavy (non-hydrogen) atoms. The summed E-state index contributed by atoms with van der Waals surface area (Å²) in [6.07, 6.45) is 0.323. The predicted octanol–water partition coefficient (Wildman–Crippen LogP) is 1.40. The van der Waals surface area contributed by atoms with E-state index in [0.717, 1.165) is 0 Å². The molecule has 1 rings (SSSR count). The molecular weight excluding hydrogens is 192 g/mol. The van der Waals surface area contributed by atoms with Gasteiger partial charge in [0, 0.05) is 13.0 Å². The van der Waals surface area contributed by atoms with E-state index < -0.39 is 12.7 Å². The number of rotatable bonds is 3. The van der Waals surface area contributed by atoms with E-state index in [-0.39, 0.29) is 18.8 Å². The largest absolute Gasteiger partial charge is 0.373 e. The predicted molar refractivity (Wildman–Crippen MR) is 46.9 cm³/mol. The SMILES string of the molecule is CC(=O)CC=CN1CCOC(F)(F)C1. The van der Waals surface area contributed by atoms with Crippen LogP contribution in [0.25, 0.3) is 0 Å². The van der Waals surface area contributed by atoms with Gasteiger partial charge in [-0.2, -0.15) is 8.78 Å². The highest BCUT2D eigenvalue weighted by atomic mass is 19.3. The molecule has 1 aliphatic rings.